The molecule has 0 bridgehead atoms. The standard InChI is InChI=1S/C23H30FN3O3/c1-3-4-5-14-30-21-15-18(10-11-20(21)29-2)27-13-7-12-26(23(27)28)16-17-8-6-9-19(25)22(17)24/h6,8-11,15H,3-5,7,12-14,16,25H2,1-2H3. The first-order chi connectivity index (χ1) is 14.5. The number of hydrogen-bond acceptors (Lipinski definition) is 4. The van der Waals surface area contributed by atoms with Gasteiger partial charge in [0, 0.05) is 30.4 Å². The molecule has 2 aromatic rings. The van der Waals surface area contributed by atoms with Crippen LogP contribution in [0, 0.1) is 5.82 Å². The highest BCUT2D eigenvalue weighted by Crippen LogP contribution is 2.33. The number of benzene rings is 2. The van der Waals surface area contributed by atoms with E-state index in [1.807, 2.05) is 18.2 Å². The van der Waals surface area contributed by atoms with Crippen LogP contribution in [0.1, 0.15) is 38.2 Å². The molecule has 1 aliphatic rings. The van der Waals surface area contributed by atoms with E-state index in [9.17, 15) is 9.18 Å². The average Bonchev–Trinajstić information content (AvgIpc) is 2.76. The van der Waals surface area contributed by atoms with Crippen molar-refractivity contribution in [1.82, 2.24) is 4.90 Å². The van der Waals surface area contributed by atoms with Crippen molar-refractivity contribution in [2.24, 2.45) is 0 Å². The molecule has 3 rings (SSSR count). The van der Waals surface area contributed by atoms with Gasteiger partial charge in [-0.05, 0) is 31.0 Å². The largest absolute Gasteiger partial charge is 0.493 e. The molecule has 1 fully saturated rings. The number of ether oxygens (including phenoxy) is 2. The number of anilines is 2. The molecule has 2 N–H and O–H groups in total. The number of nitrogen functional groups attached to an aromatic ring is 1. The minimum atomic E-state index is -0.463. The number of hydrogen-bond donors (Lipinski definition) is 1. The zero-order valence-electron chi connectivity index (χ0n) is 17.7. The van der Waals surface area contributed by atoms with Crippen molar-refractivity contribution in [3.63, 3.8) is 0 Å². The molecule has 0 unspecified atom stereocenters. The predicted octanol–water partition coefficient (Wildman–Crippen LogP) is 4.82. The van der Waals surface area contributed by atoms with Gasteiger partial charge < -0.3 is 20.1 Å². The van der Waals surface area contributed by atoms with E-state index in [2.05, 4.69) is 6.92 Å². The molecule has 6 nitrogen and oxygen atoms in total. The minimum Gasteiger partial charge on any atom is -0.493 e. The summed E-state index contributed by atoms with van der Waals surface area (Å²) in [6.45, 7) is 4.09. The summed E-state index contributed by atoms with van der Waals surface area (Å²) in [4.78, 5) is 16.5. The van der Waals surface area contributed by atoms with Gasteiger partial charge in [0.1, 0.15) is 0 Å². The van der Waals surface area contributed by atoms with Crippen molar-refractivity contribution in [2.45, 2.75) is 39.2 Å². The van der Waals surface area contributed by atoms with E-state index in [0.717, 1.165) is 31.4 Å². The van der Waals surface area contributed by atoms with Crippen molar-refractivity contribution >= 4 is 17.4 Å². The minimum absolute atomic E-state index is 0.0915. The quantitative estimate of drug-likeness (QED) is 0.471. The molecule has 1 aliphatic heterocycles. The highest BCUT2D eigenvalue weighted by atomic mass is 19.1. The van der Waals surface area contributed by atoms with Gasteiger partial charge in [-0.25, -0.2) is 9.18 Å². The number of methoxy groups -OCH3 is 1. The van der Waals surface area contributed by atoms with Crippen LogP contribution in [-0.4, -0.2) is 37.7 Å². The van der Waals surface area contributed by atoms with Crippen LogP contribution >= 0.6 is 0 Å². The van der Waals surface area contributed by atoms with Gasteiger partial charge in [0.05, 0.1) is 25.9 Å². The van der Waals surface area contributed by atoms with Gasteiger partial charge in [-0.3, -0.25) is 4.90 Å². The number of carbonyl (C=O) groups is 1. The lowest BCUT2D eigenvalue weighted by Gasteiger charge is -2.36. The SMILES string of the molecule is CCCCCOc1cc(N2CCCN(Cc3cccc(N)c3F)C2=O)ccc1OC. The Morgan fingerprint density at radius 3 is 2.73 bits per heavy atom. The summed E-state index contributed by atoms with van der Waals surface area (Å²) >= 11 is 0. The van der Waals surface area contributed by atoms with E-state index in [0.29, 0.717) is 36.8 Å². The third-order valence-corrected chi connectivity index (χ3v) is 5.25. The number of amides is 2. The van der Waals surface area contributed by atoms with Crippen LogP contribution in [0.4, 0.5) is 20.6 Å². The lowest BCUT2D eigenvalue weighted by Crippen LogP contribution is -2.49. The first kappa shape index (κ1) is 21.7. The van der Waals surface area contributed by atoms with E-state index in [1.54, 1.807) is 29.0 Å². The fourth-order valence-electron chi connectivity index (χ4n) is 3.58. The van der Waals surface area contributed by atoms with Gasteiger partial charge in [0.15, 0.2) is 17.3 Å². The Bertz CT molecular complexity index is 875. The fourth-order valence-corrected chi connectivity index (χ4v) is 3.58. The molecule has 0 saturated carbocycles. The molecule has 30 heavy (non-hydrogen) atoms. The van der Waals surface area contributed by atoms with Crippen LogP contribution in [-0.2, 0) is 6.54 Å². The lowest BCUT2D eigenvalue weighted by atomic mass is 10.1. The third-order valence-electron chi connectivity index (χ3n) is 5.25. The topological polar surface area (TPSA) is 68.0 Å². The molecule has 2 amide bonds. The number of rotatable bonds is 9. The molecule has 0 aliphatic carbocycles. The maximum atomic E-state index is 14.3. The third kappa shape index (κ3) is 4.96. The molecule has 0 atom stereocenters. The van der Waals surface area contributed by atoms with Crippen LogP contribution in [0.15, 0.2) is 36.4 Å². The molecule has 1 saturated heterocycles. The summed E-state index contributed by atoms with van der Waals surface area (Å²) in [5, 5.41) is 0. The Labute approximate surface area is 177 Å². The van der Waals surface area contributed by atoms with Gasteiger partial charge in [-0.15, -0.1) is 0 Å². The zero-order chi connectivity index (χ0) is 21.5. The highest BCUT2D eigenvalue weighted by molar-refractivity contribution is 5.93. The molecule has 7 heteroatoms. The van der Waals surface area contributed by atoms with Crippen LogP contribution in [0.5, 0.6) is 11.5 Å². The molecule has 2 aromatic carbocycles. The van der Waals surface area contributed by atoms with E-state index < -0.39 is 5.82 Å². The Kier molecular flexibility index (Phi) is 7.38. The predicted molar refractivity (Wildman–Crippen MR) is 117 cm³/mol. The van der Waals surface area contributed by atoms with Gasteiger partial charge in [-0.1, -0.05) is 31.9 Å². The smallest absolute Gasteiger partial charge is 0.324 e. The van der Waals surface area contributed by atoms with Crippen molar-refractivity contribution in [2.75, 3.05) is 37.4 Å². The number of urea groups is 1. The lowest BCUT2D eigenvalue weighted by molar-refractivity contribution is 0.191. The summed E-state index contributed by atoms with van der Waals surface area (Å²) in [6, 6.07) is 10.2. The molecule has 0 spiro atoms. The van der Waals surface area contributed by atoms with Crippen molar-refractivity contribution < 1.29 is 18.7 Å². The molecule has 1 heterocycles. The fraction of sp³-hybridized carbons (Fsp3) is 0.435. The summed E-state index contributed by atoms with van der Waals surface area (Å²) < 4.78 is 25.6. The van der Waals surface area contributed by atoms with Gasteiger partial charge >= 0.3 is 6.03 Å². The Morgan fingerprint density at radius 2 is 1.97 bits per heavy atom. The maximum absolute atomic E-state index is 14.3. The van der Waals surface area contributed by atoms with Crippen LogP contribution in [0.3, 0.4) is 0 Å². The Hall–Kier alpha value is -2.96. The van der Waals surface area contributed by atoms with Crippen molar-refractivity contribution in [3.8, 4) is 11.5 Å². The van der Waals surface area contributed by atoms with Gasteiger partial charge in [0.2, 0.25) is 0 Å². The number of unbranched alkanes of at least 4 members (excludes halogenated alkanes) is 2. The summed E-state index contributed by atoms with van der Waals surface area (Å²) in [5.41, 5.74) is 6.91. The Balaban J connectivity index is 1.76. The normalized spacial score (nSPS) is 14.2. The molecule has 0 aromatic heterocycles. The molecule has 162 valence electrons. The van der Waals surface area contributed by atoms with E-state index in [4.69, 9.17) is 15.2 Å². The first-order valence-corrected chi connectivity index (χ1v) is 10.4. The molecular weight excluding hydrogens is 385 g/mol. The number of nitrogens with two attached hydrogens (primary N) is 1. The van der Waals surface area contributed by atoms with Gasteiger partial charge in [0.25, 0.3) is 0 Å². The zero-order valence-corrected chi connectivity index (χ0v) is 17.7. The van der Waals surface area contributed by atoms with Crippen molar-refractivity contribution in [1.29, 1.82) is 0 Å². The molecular formula is C23H30FN3O3. The second kappa shape index (κ2) is 10.2. The summed E-state index contributed by atoms with van der Waals surface area (Å²) in [5.74, 6) is 0.797. The van der Waals surface area contributed by atoms with Crippen LogP contribution in [0.2, 0.25) is 0 Å². The maximum Gasteiger partial charge on any atom is 0.324 e. The number of nitrogens with zero attached hydrogens (tertiary/aromatic N) is 2. The highest BCUT2D eigenvalue weighted by Gasteiger charge is 2.28. The first-order valence-electron chi connectivity index (χ1n) is 10.4. The van der Waals surface area contributed by atoms with Gasteiger partial charge in [-0.2, -0.15) is 0 Å². The monoisotopic (exact) mass is 415 g/mol. The summed E-state index contributed by atoms with van der Waals surface area (Å²) in [6.07, 6.45) is 3.97. The average molecular weight is 416 g/mol. The van der Waals surface area contributed by atoms with Crippen LogP contribution in [0.25, 0.3) is 0 Å². The molecule has 0 radical (unpaired) electrons. The number of carbonyl (C=O) groups excluding carboxylic acids is 1. The van der Waals surface area contributed by atoms with E-state index >= 15 is 0 Å². The number of halogens is 1. The van der Waals surface area contributed by atoms with E-state index in [1.165, 1.54) is 6.07 Å². The van der Waals surface area contributed by atoms with Crippen LogP contribution < -0.4 is 20.1 Å². The van der Waals surface area contributed by atoms with E-state index in [-0.39, 0.29) is 18.3 Å². The Morgan fingerprint density at radius 1 is 1.13 bits per heavy atom. The van der Waals surface area contributed by atoms with Crippen molar-refractivity contribution in [3.05, 3.63) is 47.8 Å². The second-order valence-electron chi connectivity index (χ2n) is 7.42. The summed E-state index contributed by atoms with van der Waals surface area (Å²) in [7, 11) is 1.60. The second-order valence-corrected chi connectivity index (χ2v) is 7.42.